The zero-order chi connectivity index (χ0) is 10.8. The Bertz CT molecular complexity index is 353. The quantitative estimate of drug-likeness (QED) is 0.837. The van der Waals surface area contributed by atoms with E-state index < -0.39 is 0 Å². The molecule has 2 rings (SSSR count). The topological polar surface area (TPSA) is 56.0 Å². The molecule has 3 nitrogen and oxygen atoms in total. The van der Waals surface area contributed by atoms with Gasteiger partial charge in [0.2, 0.25) is 5.91 Å². The van der Waals surface area contributed by atoms with Crippen LogP contribution in [0.15, 0.2) is 5.38 Å². The summed E-state index contributed by atoms with van der Waals surface area (Å²) in [5, 5.41) is 3.27. The summed E-state index contributed by atoms with van der Waals surface area (Å²) in [6.45, 7) is 2.03. The third kappa shape index (κ3) is 2.37. The van der Waals surface area contributed by atoms with E-state index in [0.29, 0.717) is 5.92 Å². The van der Waals surface area contributed by atoms with Gasteiger partial charge in [0.25, 0.3) is 0 Å². The van der Waals surface area contributed by atoms with Crippen LogP contribution in [-0.4, -0.2) is 10.9 Å². The first-order valence-electron chi connectivity index (χ1n) is 5.38. The van der Waals surface area contributed by atoms with Crippen molar-refractivity contribution in [1.82, 2.24) is 4.98 Å². The molecule has 15 heavy (non-hydrogen) atoms. The lowest BCUT2D eigenvalue weighted by atomic mass is 9.80. The lowest BCUT2D eigenvalue weighted by molar-refractivity contribution is -0.122. The molecule has 1 aromatic heterocycles. The van der Waals surface area contributed by atoms with Gasteiger partial charge in [-0.1, -0.05) is 0 Å². The minimum atomic E-state index is -0.136. The molecule has 0 saturated heterocycles. The van der Waals surface area contributed by atoms with Crippen molar-refractivity contribution < 1.29 is 4.79 Å². The third-order valence-corrected chi connectivity index (χ3v) is 3.98. The van der Waals surface area contributed by atoms with Gasteiger partial charge < -0.3 is 5.73 Å². The van der Waals surface area contributed by atoms with Gasteiger partial charge in [-0.3, -0.25) is 4.79 Å². The van der Waals surface area contributed by atoms with Crippen molar-refractivity contribution in [2.75, 3.05) is 0 Å². The maximum Gasteiger partial charge on any atom is 0.220 e. The SMILES string of the molecule is Cc1nc(C2CCC(C(N)=O)CC2)cs1. The number of hydrogen-bond donors (Lipinski definition) is 1. The molecule has 1 fully saturated rings. The molecule has 0 aliphatic heterocycles. The first kappa shape index (κ1) is 10.6. The predicted octanol–water partition coefficient (Wildman–Crippen LogP) is 2.21. The minimum Gasteiger partial charge on any atom is -0.369 e. The van der Waals surface area contributed by atoms with Gasteiger partial charge in [0.15, 0.2) is 0 Å². The van der Waals surface area contributed by atoms with Crippen LogP contribution >= 0.6 is 11.3 Å². The number of aryl methyl sites for hydroxylation is 1. The van der Waals surface area contributed by atoms with Gasteiger partial charge in [-0.15, -0.1) is 11.3 Å². The molecule has 1 saturated carbocycles. The highest BCUT2D eigenvalue weighted by Crippen LogP contribution is 2.35. The van der Waals surface area contributed by atoms with E-state index in [1.165, 1.54) is 5.69 Å². The third-order valence-electron chi connectivity index (χ3n) is 3.18. The average molecular weight is 224 g/mol. The molecular formula is C11H16N2OS. The van der Waals surface area contributed by atoms with Crippen LogP contribution in [0.4, 0.5) is 0 Å². The van der Waals surface area contributed by atoms with E-state index >= 15 is 0 Å². The smallest absolute Gasteiger partial charge is 0.220 e. The molecule has 1 aliphatic rings. The molecule has 2 N–H and O–H groups in total. The maximum atomic E-state index is 11.0. The number of rotatable bonds is 2. The Morgan fingerprint density at radius 3 is 2.60 bits per heavy atom. The number of aromatic nitrogens is 1. The van der Waals surface area contributed by atoms with Gasteiger partial charge in [-0.05, 0) is 32.6 Å². The van der Waals surface area contributed by atoms with Crippen molar-refractivity contribution >= 4 is 17.2 Å². The van der Waals surface area contributed by atoms with Gasteiger partial charge in [-0.25, -0.2) is 4.98 Å². The molecule has 0 bridgehead atoms. The largest absolute Gasteiger partial charge is 0.369 e. The van der Waals surface area contributed by atoms with Crippen LogP contribution in [0, 0.1) is 12.8 Å². The van der Waals surface area contributed by atoms with Crippen molar-refractivity contribution in [3.63, 3.8) is 0 Å². The summed E-state index contributed by atoms with van der Waals surface area (Å²) in [4.78, 5) is 15.5. The van der Waals surface area contributed by atoms with Crippen LogP contribution in [0.1, 0.15) is 42.3 Å². The van der Waals surface area contributed by atoms with Gasteiger partial charge in [0, 0.05) is 17.2 Å². The molecule has 0 aromatic carbocycles. The van der Waals surface area contributed by atoms with Crippen molar-refractivity contribution in [3.05, 3.63) is 16.1 Å². The number of carbonyl (C=O) groups is 1. The molecule has 1 amide bonds. The van der Waals surface area contributed by atoms with E-state index in [2.05, 4.69) is 10.4 Å². The summed E-state index contributed by atoms with van der Waals surface area (Å²) in [5.41, 5.74) is 6.51. The first-order valence-corrected chi connectivity index (χ1v) is 6.26. The van der Waals surface area contributed by atoms with Crippen molar-refractivity contribution in [2.24, 2.45) is 11.7 Å². The van der Waals surface area contributed by atoms with Crippen molar-refractivity contribution in [3.8, 4) is 0 Å². The minimum absolute atomic E-state index is 0.0981. The highest BCUT2D eigenvalue weighted by Gasteiger charge is 2.26. The fourth-order valence-electron chi connectivity index (χ4n) is 2.24. The van der Waals surface area contributed by atoms with E-state index in [4.69, 9.17) is 5.73 Å². The molecule has 0 spiro atoms. The summed E-state index contributed by atoms with van der Waals surface area (Å²) in [7, 11) is 0. The zero-order valence-corrected chi connectivity index (χ0v) is 9.72. The Balaban J connectivity index is 1.96. The number of hydrogen-bond acceptors (Lipinski definition) is 3. The van der Waals surface area contributed by atoms with E-state index in [-0.39, 0.29) is 11.8 Å². The molecule has 82 valence electrons. The van der Waals surface area contributed by atoms with Gasteiger partial charge >= 0.3 is 0 Å². The number of nitrogens with two attached hydrogens (primary N) is 1. The van der Waals surface area contributed by atoms with Crippen LogP contribution < -0.4 is 5.73 Å². The monoisotopic (exact) mass is 224 g/mol. The Morgan fingerprint density at radius 1 is 1.47 bits per heavy atom. The first-order chi connectivity index (χ1) is 7.16. The molecule has 0 unspecified atom stereocenters. The van der Waals surface area contributed by atoms with Crippen LogP contribution in [0.25, 0.3) is 0 Å². The van der Waals surface area contributed by atoms with E-state index in [0.717, 1.165) is 30.7 Å². The Hall–Kier alpha value is -0.900. The van der Waals surface area contributed by atoms with Crippen molar-refractivity contribution in [2.45, 2.75) is 38.5 Å². The summed E-state index contributed by atoms with van der Waals surface area (Å²) in [6, 6.07) is 0. The molecule has 4 heteroatoms. The number of nitrogens with zero attached hydrogens (tertiary/aromatic N) is 1. The van der Waals surface area contributed by atoms with Gasteiger partial charge in [-0.2, -0.15) is 0 Å². The van der Waals surface area contributed by atoms with Crippen LogP contribution in [-0.2, 0) is 4.79 Å². The van der Waals surface area contributed by atoms with E-state index in [9.17, 15) is 4.79 Å². The summed E-state index contributed by atoms with van der Waals surface area (Å²) >= 11 is 1.70. The summed E-state index contributed by atoms with van der Waals surface area (Å²) in [5.74, 6) is 0.509. The summed E-state index contributed by atoms with van der Waals surface area (Å²) in [6.07, 6.45) is 3.96. The second-order valence-corrected chi connectivity index (χ2v) is 5.30. The number of thiazole rings is 1. The normalized spacial score (nSPS) is 26.5. The lowest BCUT2D eigenvalue weighted by Crippen LogP contribution is -2.27. The number of primary amides is 1. The standard InChI is InChI=1S/C11H16N2OS/c1-7-13-10(6-15-7)8-2-4-9(5-3-8)11(12)14/h6,8-9H,2-5H2,1H3,(H2,12,14). The van der Waals surface area contributed by atoms with Crippen LogP contribution in [0.2, 0.25) is 0 Å². The molecular weight excluding hydrogens is 208 g/mol. The highest BCUT2D eigenvalue weighted by atomic mass is 32.1. The van der Waals surface area contributed by atoms with Crippen LogP contribution in [0.3, 0.4) is 0 Å². The summed E-state index contributed by atoms with van der Waals surface area (Å²) < 4.78 is 0. The van der Waals surface area contributed by atoms with Gasteiger partial charge in [0.1, 0.15) is 0 Å². The highest BCUT2D eigenvalue weighted by molar-refractivity contribution is 7.09. The van der Waals surface area contributed by atoms with E-state index in [1.807, 2.05) is 6.92 Å². The van der Waals surface area contributed by atoms with Crippen LogP contribution in [0.5, 0.6) is 0 Å². The molecule has 0 radical (unpaired) electrons. The number of carbonyl (C=O) groups excluding carboxylic acids is 1. The fourth-order valence-corrected chi connectivity index (χ4v) is 2.94. The maximum absolute atomic E-state index is 11.0. The second kappa shape index (κ2) is 4.31. The average Bonchev–Trinajstić information content (AvgIpc) is 2.65. The predicted molar refractivity (Wildman–Crippen MR) is 60.7 cm³/mol. The van der Waals surface area contributed by atoms with E-state index in [1.54, 1.807) is 11.3 Å². The second-order valence-electron chi connectivity index (χ2n) is 4.24. The Labute approximate surface area is 93.7 Å². The Kier molecular flexibility index (Phi) is 3.05. The Morgan fingerprint density at radius 2 is 2.13 bits per heavy atom. The lowest BCUT2D eigenvalue weighted by Gasteiger charge is -2.25. The van der Waals surface area contributed by atoms with Gasteiger partial charge in [0.05, 0.1) is 10.7 Å². The molecule has 1 aromatic rings. The van der Waals surface area contributed by atoms with Crippen molar-refractivity contribution in [1.29, 1.82) is 0 Å². The zero-order valence-electron chi connectivity index (χ0n) is 8.90. The fraction of sp³-hybridized carbons (Fsp3) is 0.636. The molecule has 1 aliphatic carbocycles. The number of amides is 1. The molecule has 1 heterocycles. The molecule has 0 atom stereocenters.